The third kappa shape index (κ3) is 21.8. The SMILES string of the molecule is C(=NN=C(C(=NN=CC1CC[N-]CC1)C1CCCCC1)C1CCCCC1)C1CC[N-]CC1.C1=CC(C=NN=C(C(=NN=CC2CC[N-]CC2)c2ccccc2)c2ccccc2)=CC[N-]1.[Ag+].[Ag+].[Ag+].[NH2-].[NH2-]. The van der Waals surface area contributed by atoms with Crippen LogP contribution in [0, 0.1) is 29.6 Å². The molecule has 0 unspecified atom stereocenters. The number of piperidine rings is 3. The molecule has 2 aliphatic carbocycles. The number of allylic oxidation sites excluding steroid dienone is 2. The maximum atomic E-state index is 4.92. The standard InChI is InChI=1S/C26H42N6.C26H26N6.3Ag.2H2N/c2*1-3-7-23(8-4-1)25(31-29-19-21-11-15-27-16-12-21)26(24-9-5-2-6-10-24)32-30-20-22-13-17-28-18-14-22;;;;;/h19-24H,1-18H2;1-12,15,19-20,22H,13-14,16-18H2;;;;2*1H2/q2*-2;3*+1;2*-1. The van der Waals surface area contributed by atoms with E-state index in [1.807, 2.05) is 79.0 Å². The summed E-state index contributed by atoms with van der Waals surface area (Å²) in [7, 11) is 0. The van der Waals surface area contributed by atoms with Gasteiger partial charge in [0.25, 0.3) is 0 Å². The molecule has 0 aromatic heterocycles. The van der Waals surface area contributed by atoms with Crippen molar-refractivity contribution >= 4 is 47.7 Å². The van der Waals surface area contributed by atoms with Crippen molar-refractivity contribution in [3.05, 3.63) is 129 Å². The van der Waals surface area contributed by atoms with E-state index in [1.165, 1.54) is 64.2 Å². The molecular formula is C52H72Ag3N14-3. The number of nitrogens with zero attached hydrogens (tertiary/aromatic N) is 12. The summed E-state index contributed by atoms with van der Waals surface area (Å²) in [4.78, 5) is 0. The summed E-state index contributed by atoms with van der Waals surface area (Å²) in [6.45, 7) is 6.32. The van der Waals surface area contributed by atoms with Gasteiger partial charge in [0.1, 0.15) is 11.4 Å². The van der Waals surface area contributed by atoms with Crippen LogP contribution in [0.25, 0.3) is 33.6 Å². The first-order valence-corrected chi connectivity index (χ1v) is 24.3. The van der Waals surface area contributed by atoms with Gasteiger partial charge in [-0.05, 0) is 49.0 Å². The summed E-state index contributed by atoms with van der Waals surface area (Å²) < 4.78 is 0. The fourth-order valence-corrected chi connectivity index (χ4v) is 9.11. The summed E-state index contributed by atoms with van der Waals surface area (Å²) in [6.07, 6.45) is 32.8. The molecule has 69 heavy (non-hydrogen) atoms. The van der Waals surface area contributed by atoms with E-state index in [0.717, 1.165) is 106 Å². The molecule has 0 amide bonds. The molecule has 0 atom stereocenters. The maximum absolute atomic E-state index is 4.92. The van der Waals surface area contributed by atoms with E-state index in [9.17, 15) is 0 Å². The summed E-state index contributed by atoms with van der Waals surface area (Å²) in [5.74, 6) is 2.44. The minimum Gasteiger partial charge on any atom is -0.693 e. The average Bonchev–Trinajstić information content (AvgIpc) is 3.37. The number of benzene rings is 2. The van der Waals surface area contributed by atoms with E-state index >= 15 is 0 Å². The van der Waals surface area contributed by atoms with Crippen LogP contribution >= 0.6 is 0 Å². The van der Waals surface area contributed by atoms with E-state index in [2.05, 4.69) is 64.3 Å². The molecule has 6 aliphatic rings. The largest absolute Gasteiger partial charge is 1.00 e. The van der Waals surface area contributed by atoms with E-state index < -0.39 is 0 Å². The molecule has 2 aromatic rings. The molecule has 0 spiro atoms. The van der Waals surface area contributed by atoms with E-state index in [-0.39, 0.29) is 79.4 Å². The molecule has 2 saturated carbocycles. The molecule has 4 aliphatic heterocycles. The van der Waals surface area contributed by atoms with Crippen molar-refractivity contribution in [1.82, 2.24) is 0 Å². The van der Waals surface area contributed by atoms with Crippen LogP contribution in [-0.4, -0.2) is 93.5 Å². The van der Waals surface area contributed by atoms with Gasteiger partial charge in [-0.15, -0.1) is 56.0 Å². The fourth-order valence-electron chi connectivity index (χ4n) is 9.11. The summed E-state index contributed by atoms with van der Waals surface area (Å²) >= 11 is 0. The second kappa shape index (κ2) is 36.9. The van der Waals surface area contributed by atoms with Crippen LogP contribution < -0.4 is 0 Å². The van der Waals surface area contributed by atoms with Crippen molar-refractivity contribution in [1.29, 1.82) is 0 Å². The Morgan fingerprint density at radius 1 is 0.449 bits per heavy atom. The molecule has 17 heteroatoms. The van der Waals surface area contributed by atoms with Gasteiger partial charge in [-0.1, -0.05) is 150 Å². The van der Waals surface area contributed by atoms with E-state index in [4.69, 9.17) is 10.2 Å². The third-order valence-electron chi connectivity index (χ3n) is 13.0. The zero-order chi connectivity index (χ0) is 43.7. The van der Waals surface area contributed by atoms with Crippen LogP contribution in [0.1, 0.15) is 114 Å². The van der Waals surface area contributed by atoms with Gasteiger partial charge in [0.05, 0.1) is 17.6 Å². The van der Waals surface area contributed by atoms with Crippen LogP contribution in [0.4, 0.5) is 0 Å². The van der Waals surface area contributed by atoms with Crippen molar-refractivity contribution in [3.8, 4) is 0 Å². The second-order valence-electron chi connectivity index (χ2n) is 17.7. The molecule has 0 bridgehead atoms. The molecule has 3 saturated heterocycles. The monoisotopic (exact) mass is 1210 g/mol. The molecule has 4 heterocycles. The van der Waals surface area contributed by atoms with Crippen molar-refractivity contribution in [2.45, 2.75) is 103 Å². The Morgan fingerprint density at radius 2 is 0.826 bits per heavy atom. The predicted molar refractivity (Wildman–Crippen MR) is 281 cm³/mol. The van der Waals surface area contributed by atoms with Crippen molar-refractivity contribution in [2.24, 2.45) is 70.4 Å². The van der Waals surface area contributed by atoms with E-state index in [1.54, 1.807) is 12.4 Å². The molecule has 2 aromatic carbocycles. The van der Waals surface area contributed by atoms with Gasteiger partial charge >= 0.3 is 67.1 Å². The molecule has 0 radical (unpaired) electrons. The molecule has 386 valence electrons. The van der Waals surface area contributed by atoms with Crippen molar-refractivity contribution in [2.75, 3.05) is 45.8 Å². The quantitative estimate of drug-likeness (QED) is 0.0978. The summed E-state index contributed by atoms with van der Waals surface area (Å²) in [5.41, 5.74) is 6.53. The normalized spacial score (nSPS) is 21.0. The van der Waals surface area contributed by atoms with Crippen molar-refractivity contribution < 1.29 is 67.1 Å². The third-order valence-corrected chi connectivity index (χ3v) is 13.0. The first-order chi connectivity index (χ1) is 31.8. The van der Waals surface area contributed by atoms with Crippen LogP contribution in [0.5, 0.6) is 0 Å². The Kier molecular flexibility index (Phi) is 33.3. The summed E-state index contributed by atoms with van der Waals surface area (Å²) in [6, 6.07) is 20.0. The smallest absolute Gasteiger partial charge is 0.693 e. The first kappa shape index (κ1) is 62.2. The molecular weight excluding hydrogens is 1140 g/mol. The fraction of sp³-hybridized carbons (Fsp3) is 0.538. The molecule has 14 nitrogen and oxygen atoms in total. The number of hydrogen-bond donors (Lipinski definition) is 0. The summed E-state index contributed by atoms with van der Waals surface area (Å²) in [5, 5.41) is 54.7. The zero-order valence-corrected chi connectivity index (χ0v) is 44.3. The Hall–Kier alpha value is -2.90. The topological polar surface area (TPSA) is 222 Å². The van der Waals surface area contributed by atoms with Gasteiger partial charge in [-0.25, -0.2) is 0 Å². The van der Waals surface area contributed by atoms with Gasteiger partial charge in [0.2, 0.25) is 0 Å². The van der Waals surface area contributed by atoms with E-state index in [0.29, 0.717) is 47.6 Å². The molecule has 5 fully saturated rings. The van der Waals surface area contributed by atoms with Crippen LogP contribution in [0.15, 0.2) is 125 Å². The zero-order valence-electron chi connectivity index (χ0n) is 39.9. The van der Waals surface area contributed by atoms with Crippen LogP contribution in [-0.2, 0) is 67.1 Å². The van der Waals surface area contributed by atoms with Crippen LogP contribution in [0.2, 0.25) is 0 Å². The first-order valence-electron chi connectivity index (χ1n) is 24.3. The minimum atomic E-state index is 0. The second-order valence-corrected chi connectivity index (χ2v) is 17.7. The Bertz CT molecular complexity index is 1950. The van der Waals surface area contributed by atoms with Gasteiger partial charge in [-0.2, -0.15) is 36.8 Å². The average molecular weight is 1220 g/mol. The van der Waals surface area contributed by atoms with Gasteiger partial charge in [0, 0.05) is 41.6 Å². The molecule has 4 N–H and O–H groups in total. The number of hydrogen-bond acceptors (Lipinski definition) is 8. The Labute approximate surface area is 459 Å². The Balaban J connectivity index is 0.000000441. The molecule has 8 rings (SSSR count). The predicted octanol–water partition coefficient (Wildman–Crippen LogP) is 13.5. The van der Waals surface area contributed by atoms with Gasteiger partial charge in [0.15, 0.2) is 0 Å². The van der Waals surface area contributed by atoms with Gasteiger partial charge in [-0.3, -0.25) is 0 Å². The maximum Gasteiger partial charge on any atom is 1.00 e. The van der Waals surface area contributed by atoms with Crippen molar-refractivity contribution in [3.63, 3.8) is 0 Å². The number of nitrogens with two attached hydrogens (primary N) is 2. The number of rotatable bonds is 14. The minimum absolute atomic E-state index is 0. The Morgan fingerprint density at radius 3 is 1.20 bits per heavy atom. The van der Waals surface area contributed by atoms with Crippen LogP contribution in [0.3, 0.4) is 0 Å². The van der Waals surface area contributed by atoms with Gasteiger partial charge < -0.3 is 33.6 Å².